The minimum atomic E-state index is -1.15. The van der Waals surface area contributed by atoms with Crippen LogP contribution in [0, 0.1) is 0 Å². The van der Waals surface area contributed by atoms with E-state index in [1.807, 2.05) is 24.3 Å². The minimum absolute atomic E-state index is 0.107. The van der Waals surface area contributed by atoms with Crippen molar-refractivity contribution in [1.29, 1.82) is 0 Å². The summed E-state index contributed by atoms with van der Waals surface area (Å²) >= 11 is 0.960. The summed E-state index contributed by atoms with van der Waals surface area (Å²) < 4.78 is 0. The third kappa shape index (κ3) is 2.42. The van der Waals surface area contributed by atoms with Gasteiger partial charge in [-0.2, -0.15) is 0 Å². The number of hydrogen-bond acceptors (Lipinski definition) is 6. The van der Waals surface area contributed by atoms with Gasteiger partial charge in [0.05, 0.1) is 10.9 Å². The Hall–Kier alpha value is -2.45. The highest BCUT2D eigenvalue weighted by molar-refractivity contribution is 7.14. The van der Waals surface area contributed by atoms with Crippen LogP contribution in [0.15, 0.2) is 24.3 Å². The van der Waals surface area contributed by atoms with E-state index in [2.05, 4.69) is 10.3 Å². The average Bonchev–Trinajstić information content (AvgIpc) is 2.88. The molecule has 7 nitrogen and oxygen atoms in total. The SMILES string of the molecule is Nc1nc(C(=O)O)sc1C1NC(C(=O)O)Cc2ccccc21. The molecule has 1 aromatic carbocycles. The van der Waals surface area contributed by atoms with Crippen molar-refractivity contribution in [2.45, 2.75) is 18.5 Å². The molecule has 1 aliphatic rings. The molecule has 0 bridgehead atoms. The van der Waals surface area contributed by atoms with Crippen LogP contribution in [0.3, 0.4) is 0 Å². The lowest BCUT2D eigenvalue weighted by Gasteiger charge is -2.30. The Labute approximate surface area is 129 Å². The number of nitrogens with two attached hydrogens (primary N) is 1. The predicted molar refractivity (Wildman–Crippen MR) is 80.0 cm³/mol. The number of fused-ring (bicyclic) bond motifs is 1. The van der Waals surface area contributed by atoms with Crippen LogP contribution in [0.4, 0.5) is 5.82 Å². The number of nitrogens with zero attached hydrogens (tertiary/aromatic N) is 1. The van der Waals surface area contributed by atoms with E-state index in [4.69, 9.17) is 10.8 Å². The minimum Gasteiger partial charge on any atom is -0.480 e. The van der Waals surface area contributed by atoms with E-state index in [1.54, 1.807) is 0 Å². The third-order valence-corrected chi connectivity index (χ3v) is 4.71. The molecule has 2 heterocycles. The molecule has 0 spiro atoms. The molecule has 0 aliphatic carbocycles. The molecular weight excluding hydrogens is 306 g/mol. The number of nitrogens with one attached hydrogen (secondary N) is 1. The number of aromatic nitrogens is 1. The third-order valence-electron chi connectivity index (χ3n) is 3.58. The Morgan fingerprint density at radius 1 is 1.32 bits per heavy atom. The molecule has 2 aromatic rings. The van der Waals surface area contributed by atoms with Crippen molar-refractivity contribution in [3.63, 3.8) is 0 Å². The lowest BCUT2D eigenvalue weighted by Crippen LogP contribution is -2.44. The smallest absolute Gasteiger partial charge is 0.365 e. The van der Waals surface area contributed by atoms with Crippen LogP contribution in [-0.2, 0) is 11.2 Å². The van der Waals surface area contributed by atoms with Crippen molar-refractivity contribution in [3.8, 4) is 0 Å². The lowest BCUT2D eigenvalue weighted by molar-refractivity contribution is -0.139. The Morgan fingerprint density at radius 2 is 2.05 bits per heavy atom. The fraction of sp³-hybridized carbons (Fsp3) is 0.214. The van der Waals surface area contributed by atoms with Crippen LogP contribution in [0.1, 0.15) is 31.8 Å². The average molecular weight is 319 g/mol. The number of rotatable bonds is 3. The molecule has 1 aromatic heterocycles. The summed E-state index contributed by atoms with van der Waals surface area (Å²) in [7, 11) is 0. The van der Waals surface area contributed by atoms with Gasteiger partial charge in [0.2, 0.25) is 5.01 Å². The Morgan fingerprint density at radius 3 is 2.68 bits per heavy atom. The number of carboxylic acids is 2. The van der Waals surface area contributed by atoms with E-state index in [0.29, 0.717) is 11.3 Å². The van der Waals surface area contributed by atoms with Crippen LogP contribution in [0.25, 0.3) is 0 Å². The van der Waals surface area contributed by atoms with Crippen LogP contribution < -0.4 is 11.1 Å². The first kappa shape index (κ1) is 14.5. The maximum absolute atomic E-state index is 11.3. The maximum atomic E-state index is 11.3. The quantitative estimate of drug-likeness (QED) is 0.667. The van der Waals surface area contributed by atoms with Crippen LogP contribution in [0.2, 0.25) is 0 Å². The van der Waals surface area contributed by atoms with Gasteiger partial charge in [0.1, 0.15) is 11.9 Å². The highest BCUT2D eigenvalue weighted by Crippen LogP contribution is 2.36. The van der Waals surface area contributed by atoms with Crippen molar-refractivity contribution >= 4 is 29.1 Å². The van der Waals surface area contributed by atoms with Crippen molar-refractivity contribution in [1.82, 2.24) is 10.3 Å². The number of benzene rings is 1. The van der Waals surface area contributed by atoms with Crippen LogP contribution >= 0.6 is 11.3 Å². The summed E-state index contributed by atoms with van der Waals surface area (Å²) in [4.78, 5) is 26.7. The van der Waals surface area contributed by atoms with E-state index in [1.165, 1.54) is 0 Å². The molecular formula is C14H13N3O4S. The molecule has 3 rings (SSSR count). The summed E-state index contributed by atoms with van der Waals surface area (Å²) in [5, 5.41) is 21.2. The molecule has 0 amide bonds. The summed E-state index contributed by atoms with van der Waals surface area (Å²) in [5.74, 6) is -2.00. The molecule has 114 valence electrons. The predicted octanol–water partition coefficient (Wildman–Crippen LogP) is 1.11. The second-order valence-corrected chi connectivity index (χ2v) is 6.00. The number of aliphatic carboxylic acids is 1. The standard InChI is InChI=1S/C14H13N3O4S/c15-11-10(22-12(17-11)14(20)21)9-7-4-2-1-3-6(7)5-8(16-9)13(18)19/h1-4,8-9,16H,5,15H2,(H,18,19)(H,20,21). The first-order valence-electron chi connectivity index (χ1n) is 6.53. The first-order valence-corrected chi connectivity index (χ1v) is 7.35. The first-order chi connectivity index (χ1) is 10.5. The monoisotopic (exact) mass is 319 g/mol. The number of anilines is 1. The van der Waals surface area contributed by atoms with Gasteiger partial charge in [-0.25, -0.2) is 9.78 Å². The van der Waals surface area contributed by atoms with Gasteiger partial charge >= 0.3 is 11.9 Å². The van der Waals surface area contributed by atoms with Crippen molar-refractivity contribution in [2.24, 2.45) is 0 Å². The zero-order valence-corrected chi connectivity index (χ0v) is 12.1. The van der Waals surface area contributed by atoms with Gasteiger partial charge in [0, 0.05) is 0 Å². The number of thiazole rings is 1. The van der Waals surface area contributed by atoms with E-state index in [9.17, 15) is 14.7 Å². The number of carboxylic acid groups (broad SMARTS) is 2. The number of carbonyl (C=O) groups is 2. The number of aromatic carboxylic acids is 1. The normalized spacial score (nSPS) is 20.4. The molecule has 0 fully saturated rings. The van der Waals surface area contributed by atoms with Crippen molar-refractivity contribution in [2.75, 3.05) is 5.73 Å². The zero-order valence-electron chi connectivity index (χ0n) is 11.3. The maximum Gasteiger partial charge on any atom is 0.365 e. The molecule has 2 atom stereocenters. The van der Waals surface area contributed by atoms with Crippen molar-refractivity contribution in [3.05, 3.63) is 45.3 Å². The van der Waals surface area contributed by atoms with Gasteiger partial charge in [-0.3, -0.25) is 10.1 Å². The van der Waals surface area contributed by atoms with Gasteiger partial charge in [-0.05, 0) is 17.5 Å². The summed E-state index contributed by atoms with van der Waals surface area (Å²) in [5.41, 5.74) is 7.64. The number of hydrogen-bond donors (Lipinski definition) is 4. The van der Waals surface area contributed by atoms with E-state index < -0.39 is 24.0 Å². The summed E-state index contributed by atoms with van der Waals surface area (Å²) in [6.45, 7) is 0. The van der Waals surface area contributed by atoms with E-state index >= 15 is 0 Å². The molecule has 1 aliphatic heterocycles. The molecule has 2 unspecified atom stereocenters. The van der Waals surface area contributed by atoms with Crippen molar-refractivity contribution < 1.29 is 19.8 Å². The summed E-state index contributed by atoms with van der Waals surface area (Å²) in [6, 6.07) is 6.22. The highest BCUT2D eigenvalue weighted by Gasteiger charge is 2.33. The van der Waals surface area contributed by atoms with Gasteiger partial charge in [-0.1, -0.05) is 24.3 Å². The Bertz CT molecular complexity index is 758. The lowest BCUT2D eigenvalue weighted by atomic mass is 9.89. The molecule has 22 heavy (non-hydrogen) atoms. The van der Waals surface area contributed by atoms with Crippen LogP contribution in [-0.4, -0.2) is 33.2 Å². The largest absolute Gasteiger partial charge is 0.480 e. The number of nitrogen functional groups attached to an aromatic ring is 1. The van der Waals surface area contributed by atoms with E-state index in [-0.39, 0.29) is 10.8 Å². The Kier molecular flexibility index (Phi) is 3.55. The molecule has 0 saturated heterocycles. The van der Waals surface area contributed by atoms with E-state index in [0.717, 1.165) is 22.5 Å². The van der Waals surface area contributed by atoms with Crippen LogP contribution in [0.5, 0.6) is 0 Å². The van der Waals surface area contributed by atoms with Gasteiger partial charge in [0.15, 0.2) is 0 Å². The molecule has 0 radical (unpaired) electrons. The summed E-state index contributed by atoms with van der Waals surface area (Å²) in [6.07, 6.45) is 0.368. The van der Waals surface area contributed by atoms with Gasteiger partial charge in [-0.15, -0.1) is 11.3 Å². The topological polar surface area (TPSA) is 126 Å². The second kappa shape index (κ2) is 5.39. The van der Waals surface area contributed by atoms with Gasteiger partial charge < -0.3 is 15.9 Å². The Balaban J connectivity index is 2.09. The molecule has 5 N–H and O–H groups in total. The van der Waals surface area contributed by atoms with Gasteiger partial charge in [0.25, 0.3) is 0 Å². The fourth-order valence-corrected chi connectivity index (χ4v) is 3.49. The molecule has 8 heteroatoms. The highest BCUT2D eigenvalue weighted by atomic mass is 32.1. The molecule has 0 saturated carbocycles. The zero-order chi connectivity index (χ0) is 15.9. The fourth-order valence-electron chi connectivity index (χ4n) is 2.59. The second-order valence-electron chi connectivity index (χ2n) is 4.97.